The van der Waals surface area contributed by atoms with Crippen LogP contribution < -0.4 is 14.4 Å². The zero-order chi connectivity index (χ0) is 35.6. The standard InChI is InChI=1S/C34H39ClF3N7O3.C2H6/c1-21(2)45(23-13-34(37,38)14-23)32(46)25-12-22(36)4-5-28(25)48-31-30(40-20-41-42-31)44-18-33(19-44)15-24(16-33)47-29-6-9-39-27-7-11-43(10-3-8-35)17-26(27)29;1-2/h4-6,9,12,20-21,23-24H,3,7-8,10-11,13-19H2,1-2H3;1-2H3. The number of carbonyl (C=O) groups excluding carboxylic acids is 1. The number of hydrogen-bond acceptors (Lipinski definition) is 9. The lowest BCUT2D eigenvalue weighted by Crippen LogP contribution is -2.65. The molecule has 0 unspecified atom stereocenters. The molecule has 2 aromatic heterocycles. The van der Waals surface area contributed by atoms with Gasteiger partial charge in [0.15, 0.2) is 5.82 Å². The fraction of sp³-hybridized carbons (Fsp3) is 0.583. The molecule has 0 radical (unpaired) electrons. The maximum Gasteiger partial charge on any atom is 0.282 e. The Bertz CT molecular complexity index is 1660. The second-order valence-corrected chi connectivity index (χ2v) is 14.2. The predicted molar refractivity (Wildman–Crippen MR) is 184 cm³/mol. The summed E-state index contributed by atoms with van der Waals surface area (Å²) in [6.45, 7) is 11.7. The molecule has 7 rings (SSSR count). The summed E-state index contributed by atoms with van der Waals surface area (Å²) in [5.41, 5.74) is 2.28. The quantitative estimate of drug-likeness (QED) is 0.196. The van der Waals surface area contributed by atoms with Crippen LogP contribution in [0.2, 0.25) is 0 Å². The molecule has 10 nitrogen and oxygen atoms in total. The first-order valence-corrected chi connectivity index (χ1v) is 18.1. The number of nitrogens with zero attached hydrogens (tertiary/aromatic N) is 7. The van der Waals surface area contributed by atoms with Gasteiger partial charge in [0.2, 0.25) is 0 Å². The molecule has 2 aliphatic heterocycles. The third kappa shape index (κ3) is 7.49. The van der Waals surface area contributed by atoms with E-state index in [1.807, 2.05) is 31.0 Å². The van der Waals surface area contributed by atoms with E-state index in [0.717, 1.165) is 75.9 Å². The molecule has 1 aromatic carbocycles. The minimum absolute atomic E-state index is 0.0518. The van der Waals surface area contributed by atoms with Gasteiger partial charge < -0.3 is 19.3 Å². The molecule has 270 valence electrons. The predicted octanol–water partition coefficient (Wildman–Crippen LogP) is 6.91. The summed E-state index contributed by atoms with van der Waals surface area (Å²) in [5.74, 6) is -1.89. The second kappa shape index (κ2) is 14.9. The lowest BCUT2D eigenvalue weighted by atomic mass is 9.61. The number of anilines is 1. The summed E-state index contributed by atoms with van der Waals surface area (Å²) in [6.07, 6.45) is 6.05. The minimum Gasteiger partial charge on any atom is -0.490 e. The molecular formula is C36H45ClF3N7O3. The molecular weight excluding hydrogens is 671 g/mol. The molecule has 4 aliphatic rings. The van der Waals surface area contributed by atoms with Crippen LogP contribution in [0, 0.1) is 11.2 Å². The van der Waals surface area contributed by atoms with Crippen LogP contribution in [0.3, 0.4) is 0 Å². The van der Waals surface area contributed by atoms with E-state index in [9.17, 15) is 18.0 Å². The van der Waals surface area contributed by atoms with E-state index in [-0.39, 0.29) is 34.8 Å². The van der Waals surface area contributed by atoms with Crippen LogP contribution in [0.4, 0.5) is 19.0 Å². The van der Waals surface area contributed by atoms with Crippen LogP contribution in [0.1, 0.15) is 81.4 Å². The summed E-state index contributed by atoms with van der Waals surface area (Å²) in [7, 11) is 0. The van der Waals surface area contributed by atoms with E-state index in [1.165, 1.54) is 28.9 Å². The second-order valence-electron chi connectivity index (χ2n) is 13.9. The topological polar surface area (TPSA) is 96.8 Å². The van der Waals surface area contributed by atoms with Gasteiger partial charge in [0, 0.05) is 86.3 Å². The van der Waals surface area contributed by atoms with E-state index >= 15 is 0 Å². The highest BCUT2D eigenvalue weighted by molar-refractivity contribution is 6.17. The Kier molecular flexibility index (Phi) is 10.7. The van der Waals surface area contributed by atoms with Crippen molar-refractivity contribution in [1.29, 1.82) is 0 Å². The molecule has 0 N–H and O–H groups in total. The third-order valence-corrected chi connectivity index (χ3v) is 10.2. The molecule has 50 heavy (non-hydrogen) atoms. The van der Waals surface area contributed by atoms with E-state index in [1.54, 1.807) is 13.8 Å². The Morgan fingerprint density at radius 3 is 2.56 bits per heavy atom. The van der Waals surface area contributed by atoms with Crippen LogP contribution in [0.15, 0.2) is 36.8 Å². The molecule has 1 saturated heterocycles. The van der Waals surface area contributed by atoms with Gasteiger partial charge in [-0.25, -0.2) is 18.2 Å². The molecule has 1 amide bonds. The fourth-order valence-corrected chi connectivity index (χ4v) is 7.70. The summed E-state index contributed by atoms with van der Waals surface area (Å²) in [4.78, 5) is 28.5. The highest BCUT2D eigenvalue weighted by atomic mass is 35.5. The Balaban J connectivity index is 0.00000212. The summed E-state index contributed by atoms with van der Waals surface area (Å²) in [6, 6.07) is 4.53. The van der Waals surface area contributed by atoms with Crippen molar-refractivity contribution in [2.75, 3.05) is 37.0 Å². The normalized spacial score (nSPS) is 19.4. The van der Waals surface area contributed by atoms with Crippen molar-refractivity contribution in [3.8, 4) is 17.4 Å². The average Bonchev–Trinajstić information content (AvgIpc) is 3.05. The van der Waals surface area contributed by atoms with E-state index < -0.39 is 36.5 Å². The highest BCUT2D eigenvalue weighted by Gasteiger charge is 2.55. The van der Waals surface area contributed by atoms with Gasteiger partial charge in [0.1, 0.15) is 29.7 Å². The van der Waals surface area contributed by atoms with Crippen molar-refractivity contribution in [2.24, 2.45) is 5.41 Å². The van der Waals surface area contributed by atoms with E-state index in [2.05, 4.69) is 25.1 Å². The molecule has 4 heterocycles. The number of carbonyl (C=O) groups is 1. The van der Waals surface area contributed by atoms with Crippen molar-refractivity contribution in [2.45, 2.75) is 96.9 Å². The van der Waals surface area contributed by atoms with Gasteiger partial charge in [0.05, 0.1) is 5.56 Å². The number of amides is 1. The van der Waals surface area contributed by atoms with Crippen molar-refractivity contribution >= 4 is 23.3 Å². The fourth-order valence-electron chi connectivity index (χ4n) is 7.58. The molecule has 2 aliphatic carbocycles. The van der Waals surface area contributed by atoms with Gasteiger partial charge in [-0.3, -0.25) is 14.7 Å². The molecule has 0 atom stereocenters. The Labute approximate surface area is 296 Å². The maximum atomic E-state index is 14.4. The van der Waals surface area contributed by atoms with Crippen molar-refractivity contribution in [3.05, 3.63) is 59.4 Å². The lowest BCUT2D eigenvalue weighted by Gasteiger charge is -2.58. The number of aromatic nitrogens is 4. The van der Waals surface area contributed by atoms with E-state index in [0.29, 0.717) is 11.7 Å². The van der Waals surface area contributed by atoms with Crippen LogP contribution in [0.5, 0.6) is 17.4 Å². The Hall–Kier alpha value is -3.71. The van der Waals surface area contributed by atoms with Gasteiger partial charge in [-0.1, -0.05) is 13.8 Å². The van der Waals surface area contributed by atoms with Crippen LogP contribution in [-0.2, 0) is 13.0 Å². The van der Waals surface area contributed by atoms with Crippen LogP contribution in [0.25, 0.3) is 0 Å². The molecule has 0 bridgehead atoms. The van der Waals surface area contributed by atoms with Gasteiger partial charge in [-0.05, 0) is 63.9 Å². The Morgan fingerprint density at radius 2 is 1.86 bits per heavy atom. The van der Waals surface area contributed by atoms with Crippen molar-refractivity contribution < 1.29 is 27.4 Å². The monoisotopic (exact) mass is 715 g/mol. The summed E-state index contributed by atoms with van der Waals surface area (Å²) >= 11 is 5.92. The smallest absolute Gasteiger partial charge is 0.282 e. The number of halogens is 4. The largest absolute Gasteiger partial charge is 0.490 e. The van der Waals surface area contributed by atoms with Gasteiger partial charge in [-0.2, -0.15) is 0 Å². The van der Waals surface area contributed by atoms with Crippen molar-refractivity contribution in [1.82, 2.24) is 30.0 Å². The Morgan fingerprint density at radius 1 is 1.10 bits per heavy atom. The van der Waals surface area contributed by atoms with Crippen LogP contribution >= 0.6 is 11.6 Å². The minimum atomic E-state index is -2.81. The van der Waals surface area contributed by atoms with E-state index in [4.69, 9.17) is 21.1 Å². The number of benzene rings is 1. The molecule has 1 spiro atoms. The molecule has 14 heteroatoms. The summed E-state index contributed by atoms with van der Waals surface area (Å²) in [5, 5.41) is 8.04. The number of ether oxygens (including phenoxy) is 2. The zero-order valence-electron chi connectivity index (χ0n) is 29.0. The third-order valence-electron chi connectivity index (χ3n) is 9.93. The highest BCUT2D eigenvalue weighted by Crippen LogP contribution is 2.52. The summed E-state index contributed by atoms with van der Waals surface area (Å²) < 4.78 is 54.5. The zero-order valence-corrected chi connectivity index (χ0v) is 29.8. The van der Waals surface area contributed by atoms with Crippen LogP contribution in [-0.4, -0.2) is 92.0 Å². The number of pyridine rings is 1. The first kappa shape index (κ1) is 36.1. The number of rotatable bonds is 11. The molecule has 3 aromatic rings. The number of hydrogen-bond donors (Lipinski definition) is 0. The lowest BCUT2D eigenvalue weighted by molar-refractivity contribution is -0.120. The number of alkyl halides is 3. The SMILES string of the molecule is CC.CC(C)N(C(=O)c1cc(F)ccc1Oc1nncnc1N1CC2(CC(Oc3ccnc4c3CN(CCCCl)CC4)C2)C1)C1CC(F)(F)C1. The van der Waals surface area contributed by atoms with Gasteiger partial charge >= 0.3 is 0 Å². The van der Waals surface area contributed by atoms with Gasteiger partial charge in [0.25, 0.3) is 17.7 Å². The molecule has 3 fully saturated rings. The first-order chi connectivity index (χ1) is 24.0. The average molecular weight is 716 g/mol. The first-order valence-electron chi connectivity index (χ1n) is 17.6. The maximum absolute atomic E-state index is 14.4. The van der Waals surface area contributed by atoms with Gasteiger partial charge in [-0.15, -0.1) is 21.8 Å². The number of fused-ring (bicyclic) bond motifs is 1. The molecule has 2 saturated carbocycles. The van der Waals surface area contributed by atoms with Crippen molar-refractivity contribution in [3.63, 3.8) is 0 Å².